The molecule has 0 atom stereocenters. The number of phenols is 1. The van der Waals surface area contributed by atoms with Crippen LogP contribution in [-0.4, -0.2) is 11.3 Å². The van der Waals surface area contributed by atoms with Crippen LogP contribution in [0.1, 0.15) is 27.8 Å². The predicted octanol–water partition coefficient (Wildman–Crippen LogP) is 8.15. The van der Waals surface area contributed by atoms with Crippen molar-refractivity contribution in [1.29, 1.82) is 0 Å². The second kappa shape index (κ2) is 10.5. The third-order valence-electron chi connectivity index (χ3n) is 5.88. The molecule has 2 nitrogen and oxygen atoms in total. The summed E-state index contributed by atoms with van der Waals surface area (Å²) < 4.78 is 0. The van der Waals surface area contributed by atoms with Crippen LogP contribution < -0.4 is 0 Å². The largest absolute Gasteiger partial charge is 0.507 e. The van der Waals surface area contributed by atoms with Crippen molar-refractivity contribution in [2.24, 2.45) is 4.99 Å². The number of hydrogen-bond donors (Lipinski definition) is 1. The van der Waals surface area contributed by atoms with Gasteiger partial charge in [0.1, 0.15) is 5.75 Å². The van der Waals surface area contributed by atoms with E-state index in [1.807, 2.05) is 42.5 Å². The van der Waals surface area contributed by atoms with Gasteiger partial charge in [-0.1, -0.05) is 115 Å². The van der Waals surface area contributed by atoms with Gasteiger partial charge in [-0.3, -0.25) is 4.99 Å². The van der Waals surface area contributed by atoms with Gasteiger partial charge in [-0.05, 0) is 57.7 Å². The normalized spacial score (nSPS) is 10.9. The molecule has 35 heavy (non-hydrogen) atoms. The van der Waals surface area contributed by atoms with Gasteiger partial charge in [-0.25, -0.2) is 0 Å². The van der Waals surface area contributed by atoms with Gasteiger partial charge in [-0.2, -0.15) is 0 Å². The van der Waals surface area contributed by atoms with Crippen LogP contribution in [0.15, 0.2) is 145 Å². The molecule has 0 saturated carbocycles. The van der Waals surface area contributed by atoms with E-state index in [4.69, 9.17) is 0 Å². The van der Waals surface area contributed by atoms with Gasteiger partial charge in [0.15, 0.2) is 0 Å². The minimum absolute atomic E-state index is 0.220. The van der Waals surface area contributed by atoms with Crippen LogP contribution in [0.2, 0.25) is 0 Å². The number of rotatable bonds is 6. The maximum atomic E-state index is 10.0. The molecule has 168 valence electrons. The van der Waals surface area contributed by atoms with Crippen molar-refractivity contribution in [2.75, 3.05) is 0 Å². The summed E-state index contributed by atoms with van der Waals surface area (Å²) >= 11 is 0. The van der Waals surface area contributed by atoms with Gasteiger partial charge < -0.3 is 5.11 Å². The molecule has 0 aromatic heterocycles. The molecule has 0 radical (unpaired) electrons. The second-order valence-electron chi connectivity index (χ2n) is 8.21. The second-order valence-corrected chi connectivity index (χ2v) is 8.21. The molecule has 0 heterocycles. The quantitative estimate of drug-likeness (QED) is 0.205. The first-order chi connectivity index (χ1) is 17.3. The summed E-state index contributed by atoms with van der Waals surface area (Å²) in [6.07, 6.45) is 1.69. The lowest BCUT2D eigenvalue weighted by Gasteiger charge is -2.18. The van der Waals surface area contributed by atoms with E-state index in [0.29, 0.717) is 5.56 Å². The van der Waals surface area contributed by atoms with Crippen LogP contribution in [0.5, 0.6) is 5.75 Å². The van der Waals surface area contributed by atoms with Gasteiger partial charge in [0.2, 0.25) is 0 Å². The monoisotopic (exact) mass is 451 g/mol. The van der Waals surface area contributed by atoms with Crippen molar-refractivity contribution in [3.63, 3.8) is 0 Å². The minimum atomic E-state index is 0.220. The fourth-order valence-corrected chi connectivity index (χ4v) is 4.18. The first-order valence-corrected chi connectivity index (χ1v) is 11.6. The fraction of sp³-hybridized carbons (Fsp3) is 0. The molecule has 0 unspecified atom stereocenters. The average molecular weight is 452 g/mol. The van der Waals surface area contributed by atoms with E-state index in [9.17, 15) is 5.11 Å². The molecule has 0 fully saturated rings. The third-order valence-corrected chi connectivity index (χ3v) is 5.88. The Bertz CT molecular complexity index is 1410. The van der Waals surface area contributed by atoms with Crippen LogP contribution in [0.3, 0.4) is 0 Å². The number of nitrogens with zero attached hydrogens (tertiary/aromatic N) is 1. The highest BCUT2D eigenvalue weighted by atomic mass is 16.3. The highest BCUT2D eigenvalue weighted by molar-refractivity contribution is 6.04. The van der Waals surface area contributed by atoms with E-state index in [0.717, 1.165) is 16.8 Å². The van der Waals surface area contributed by atoms with Crippen molar-refractivity contribution >= 4 is 23.0 Å². The Balaban J connectivity index is 1.65. The van der Waals surface area contributed by atoms with Gasteiger partial charge in [0, 0.05) is 11.8 Å². The number of benzene rings is 5. The lowest BCUT2D eigenvalue weighted by molar-refractivity contribution is 0.474. The predicted molar refractivity (Wildman–Crippen MR) is 146 cm³/mol. The lowest BCUT2D eigenvalue weighted by atomic mass is 9.86. The molecule has 0 aliphatic heterocycles. The van der Waals surface area contributed by atoms with Crippen LogP contribution in [0, 0.1) is 0 Å². The summed E-state index contributed by atoms with van der Waals surface area (Å²) in [4.78, 5) is 4.57. The molecule has 0 spiro atoms. The SMILES string of the molecule is Oc1ccccc1C=Nc1ccc(C(=C(c2ccccc2)c2ccccc2)c2ccccc2)cc1. The van der Waals surface area contributed by atoms with Gasteiger partial charge in [0.25, 0.3) is 0 Å². The summed E-state index contributed by atoms with van der Waals surface area (Å²) in [7, 11) is 0. The molecule has 5 rings (SSSR count). The standard InChI is InChI=1S/C33H25NO/c35-31-19-11-10-18-29(31)24-34-30-22-20-28(21-23-30)33(27-16-8-3-9-17-27)32(25-12-4-1-5-13-25)26-14-6-2-7-15-26/h1-24,35H. The van der Waals surface area contributed by atoms with E-state index in [-0.39, 0.29) is 5.75 Å². The average Bonchev–Trinajstić information content (AvgIpc) is 2.93. The Morgan fingerprint density at radius 3 is 1.31 bits per heavy atom. The summed E-state index contributed by atoms with van der Waals surface area (Å²) in [6.45, 7) is 0. The third kappa shape index (κ3) is 5.13. The Hall–Kier alpha value is -4.69. The molecule has 5 aromatic rings. The molecular weight excluding hydrogens is 426 g/mol. The Morgan fingerprint density at radius 1 is 0.457 bits per heavy atom. The highest BCUT2D eigenvalue weighted by Crippen LogP contribution is 2.37. The Kier molecular flexibility index (Phi) is 6.63. The topological polar surface area (TPSA) is 32.6 Å². The van der Waals surface area contributed by atoms with Gasteiger partial charge >= 0.3 is 0 Å². The summed E-state index contributed by atoms with van der Waals surface area (Å²) in [5, 5.41) is 10.0. The lowest BCUT2D eigenvalue weighted by Crippen LogP contribution is -1.97. The van der Waals surface area contributed by atoms with Crippen molar-refractivity contribution in [3.8, 4) is 5.75 Å². The summed E-state index contributed by atoms with van der Waals surface area (Å²) in [5.41, 5.74) is 8.46. The zero-order valence-corrected chi connectivity index (χ0v) is 19.3. The Labute approximate surface area is 206 Å². The molecule has 0 aliphatic rings. The maximum absolute atomic E-state index is 10.0. The highest BCUT2D eigenvalue weighted by Gasteiger charge is 2.15. The number of hydrogen-bond acceptors (Lipinski definition) is 2. The van der Waals surface area contributed by atoms with Crippen LogP contribution in [0.4, 0.5) is 5.69 Å². The van der Waals surface area contributed by atoms with Gasteiger partial charge in [0.05, 0.1) is 5.69 Å². The Morgan fingerprint density at radius 2 is 0.857 bits per heavy atom. The molecule has 0 aliphatic carbocycles. The molecular formula is C33H25NO. The number of phenolic OH excluding ortho intramolecular Hbond substituents is 1. The number of aromatic hydroxyl groups is 1. The summed E-state index contributed by atoms with van der Waals surface area (Å²) in [6, 6.07) is 47.0. The van der Waals surface area contributed by atoms with Crippen molar-refractivity contribution < 1.29 is 5.11 Å². The van der Waals surface area contributed by atoms with E-state index >= 15 is 0 Å². The van der Waals surface area contributed by atoms with Crippen LogP contribution in [-0.2, 0) is 0 Å². The number of para-hydroxylation sites is 1. The van der Waals surface area contributed by atoms with Crippen molar-refractivity contribution in [1.82, 2.24) is 0 Å². The van der Waals surface area contributed by atoms with Crippen LogP contribution in [0.25, 0.3) is 11.1 Å². The molecule has 2 heteroatoms. The first-order valence-electron chi connectivity index (χ1n) is 11.6. The smallest absolute Gasteiger partial charge is 0.124 e. The molecule has 5 aromatic carbocycles. The van der Waals surface area contributed by atoms with Crippen molar-refractivity contribution in [2.45, 2.75) is 0 Å². The minimum Gasteiger partial charge on any atom is -0.507 e. The fourth-order valence-electron chi connectivity index (χ4n) is 4.18. The summed E-state index contributed by atoms with van der Waals surface area (Å²) in [5.74, 6) is 0.220. The van der Waals surface area contributed by atoms with Crippen molar-refractivity contribution in [3.05, 3.63) is 167 Å². The maximum Gasteiger partial charge on any atom is 0.124 e. The number of aliphatic imine (C=N–C) groups is 1. The first kappa shape index (κ1) is 22.1. The van der Waals surface area contributed by atoms with E-state index in [1.165, 1.54) is 22.3 Å². The molecule has 1 N–H and O–H groups in total. The molecule has 0 amide bonds. The zero-order valence-electron chi connectivity index (χ0n) is 19.3. The van der Waals surface area contributed by atoms with Crippen LogP contribution >= 0.6 is 0 Å². The van der Waals surface area contributed by atoms with E-state index in [1.54, 1.807) is 18.3 Å². The van der Waals surface area contributed by atoms with E-state index in [2.05, 4.69) is 89.9 Å². The zero-order chi connectivity index (χ0) is 23.9. The van der Waals surface area contributed by atoms with Gasteiger partial charge in [-0.15, -0.1) is 0 Å². The molecule has 0 saturated heterocycles. The molecule has 0 bridgehead atoms. The van der Waals surface area contributed by atoms with E-state index < -0.39 is 0 Å².